The van der Waals surface area contributed by atoms with E-state index in [-0.39, 0.29) is 0 Å². The van der Waals surface area contributed by atoms with Gasteiger partial charge in [0.15, 0.2) is 11.9 Å². The van der Waals surface area contributed by atoms with Crippen LogP contribution in [0.1, 0.15) is 11.1 Å². The Kier molecular flexibility index (Phi) is 3.77. The fourth-order valence-electron chi connectivity index (χ4n) is 0.981. The molecule has 1 rings (SSSR count). The van der Waals surface area contributed by atoms with E-state index in [9.17, 15) is 0 Å². The summed E-state index contributed by atoms with van der Waals surface area (Å²) in [6.45, 7) is 0. The van der Waals surface area contributed by atoms with Crippen molar-refractivity contribution in [2.45, 2.75) is 0 Å². The molecular weight excluding hydrogens is 204 g/mol. The third kappa shape index (κ3) is 2.38. The summed E-state index contributed by atoms with van der Waals surface area (Å²) < 4.78 is 9.06. The standard InChI is InChI=1S/C9H7ClN2O2/c1-13-9-3-2-7(5-11)4-8(9)6-12-14-10/h2-4,6H,1H3/b12-6+. The first-order valence-corrected chi connectivity index (χ1v) is 4.02. The molecule has 0 fully saturated rings. The molecule has 14 heavy (non-hydrogen) atoms. The minimum atomic E-state index is 0.516. The lowest BCUT2D eigenvalue weighted by Crippen LogP contribution is -1.91. The smallest absolute Gasteiger partial charge is 0.167 e. The number of nitriles is 1. The fraction of sp³-hybridized carbons (Fsp3) is 0.111. The Morgan fingerprint density at radius 3 is 2.93 bits per heavy atom. The maximum atomic E-state index is 8.66. The average molecular weight is 211 g/mol. The number of oxime groups is 1. The Morgan fingerprint density at radius 2 is 2.36 bits per heavy atom. The zero-order valence-corrected chi connectivity index (χ0v) is 8.15. The van der Waals surface area contributed by atoms with Crippen LogP contribution in [0.3, 0.4) is 0 Å². The van der Waals surface area contributed by atoms with Crippen molar-refractivity contribution in [3.8, 4) is 11.8 Å². The van der Waals surface area contributed by atoms with Crippen molar-refractivity contribution in [3.05, 3.63) is 29.3 Å². The monoisotopic (exact) mass is 210 g/mol. The highest BCUT2D eigenvalue weighted by Crippen LogP contribution is 2.17. The molecular formula is C9H7ClN2O2. The van der Waals surface area contributed by atoms with Crippen LogP contribution >= 0.6 is 11.9 Å². The van der Waals surface area contributed by atoms with Gasteiger partial charge in [0.05, 0.1) is 25.0 Å². The summed E-state index contributed by atoms with van der Waals surface area (Å²) in [4.78, 5) is 0. The zero-order chi connectivity index (χ0) is 10.4. The van der Waals surface area contributed by atoms with Crippen molar-refractivity contribution in [1.29, 1.82) is 5.26 Å². The lowest BCUT2D eigenvalue weighted by Gasteiger charge is -2.03. The van der Waals surface area contributed by atoms with Gasteiger partial charge in [-0.3, -0.25) is 4.39 Å². The normalized spacial score (nSPS) is 9.79. The van der Waals surface area contributed by atoms with Crippen molar-refractivity contribution in [1.82, 2.24) is 0 Å². The number of rotatable bonds is 3. The molecule has 0 aliphatic heterocycles. The first-order chi connectivity index (χ1) is 6.81. The Morgan fingerprint density at radius 1 is 1.57 bits per heavy atom. The maximum Gasteiger partial charge on any atom is 0.167 e. The molecule has 0 spiro atoms. The molecule has 0 aromatic heterocycles. The SMILES string of the molecule is COc1ccc(C#N)cc1/C=N/OCl. The Hall–Kier alpha value is -1.73. The molecule has 0 atom stereocenters. The van der Waals surface area contributed by atoms with Crippen molar-refractivity contribution in [2.24, 2.45) is 5.16 Å². The molecule has 72 valence electrons. The van der Waals surface area contributed by atoms with Crippen LogP contribution in [0, 0.1) is 11.3 Å². The lowest BCUT2D eigenvalue weighted by atomic mass is 10.1. The molecule has 0 bridgehead atoms. The predicted octanol–water partition coefficient (Wildman–Crippen LogP) is 2.07. The summed E-state index contributed by atoms with van der Waals surface area (Å²) in [7, 11) is 1.53. The fourth-order valence-corrected chi connectivity index (χ4v) is 1.02. The lowest BCUT2D eigenvalue weighted by molar-refractivity contribution is 0.382. The minimum absolute atomic E-state index is 0.516. The molecule has 5 heteroatoms. The highest BCUT2D eigenvalue weighted by molar-refractivity contribution is 6.07. The maximum absolute atomic E-state index is 8.66. The Bertz CT molecular complexity index is 385. The van der Waals surface area contributed by atoms with Crippen molar-refractivity contribution in [3.63, 3.8) is 0 Å². The van der Waals surface area contributed by atoms with Gasteiger partial charge < -0.3 is 4.74 Å². The van der Waals surface area contributed by atoms with Crippen LogP contribution in [0.4, 0.5) is 0 Å². The average Bonchev–Trinajstić information content (AvgIpc) is 2.25. The van der Waals surface area contributed by atoms with Crippen LogP contribution in [0.25, 0.3) is 0 Å². The van der Waals surface area contributed by atoms with Crippen molar-refractivity contribution in [2.75, 3.05) is 7.11 Å². The molecule has 0 N–H and O–H groups in total. The molecule has 1 aromatic carbocycles. The number of methoxy groups -OCH3 is 1. The number of ether oxygens (including phenoxy) is 1. The quantitative estimate of drug-likeness (QED) is 0.567. The van der Waals surface area contributed by atoms with Gasteiger partial charge in [0, 0.05) is 5.56 Å². The number of benzene rings is 1. The van der Waals surface area contributed by atoms with Crippen LogP contribution in [-0.4, -0.2) is 13.3 Å². The highest BCUT2D eigenvalue weighted by atomic mass is 35.5. The number of hydrogen-bond acceptors (Lipinski definition) is 4. The number of halogens is 1. The predicted molar refractivity (Wildman–Crippen MR) is 52.2 cm³/mol. The van der Waals surface area contributed by atoms with Crippen LogP contribution < -0.4 is 4.74 Å². The molecule has 0 aliphatic rings. The molecule has 0 amide bonds. The second-order valence-electron chi connectivity index (χ2n) is 2.37. The summed E-state index contributed by atoms with van der Waals surface area (Å²) in [5.41, 5.74) is 1.15. The second kappa shape index (κ2) is 5.10. The summed E-state index contributed by atoms with van der Waals surface area (Å²) in [5.74, 6) is 0.599. The van der Waals surface area contributed by atoms with Crippen molar-refractivity contribution < 1.29 is 9.13 Å². The van der Waals surface area contributed by atoms with E-state index in [0.717, 1.165) is 0 Å². The Balaban J connectivity index is 3.10. The first kappa shape index (κ1) is 10.4. The largest absolute Gasteiger partial charge is 0.496 e. The molecule has 1 aromatic rings. The van der Waals surface area contributed by atoms with Gasteiger partial charge in [-0.25, -0.2) is 0 Å². The molecule has 0 saturated heterocycles. The van der Waals surface area contributed by atoms with E-state index in [1.54, 1.807) is 18.2 Å². The van der Waals surface area contributed by atoms with Crippen LogP contribution in [0.5, 0.6) is 5.75 Å². The van der Waals surface area contributed by atoms with Gasteiger partial charge in [0.25, 0.3) is 0 Å². The van der Waals surface area contributed by atoms with Crippen LogP contribution in [0.2, 0.25) is 0 Å². The van der Waals surface area contributed by atoms with Gasteiger partial charge in [-0.05, 0) is 18.2 Å². The van der Waals surface area contributed by atoms with E-state index in [0.29, 0.717) is 16.9 Å². The van der Waals surface area contributed by atoms with Gasteiger partial charge in [-0.15, -0.1) is 0 Å². The molecule has 0 heterocycles. The molecule has 0 radical (unpaired) electrons. The molecule has 0 saturated carbocycles. The third-order valence-corrected chi connectivity index (χ3v) is 1.67. The summed E-state index contributed by atoms with van der Waals surface area (Å²) in [6, 6.07) is 6.95. The van der Waals surface area contributed by atoms with E-state index in [1.807, 2.05) is 6.07 Å². The van der Waals surface area contributed by atoms with E-state index in [1.165, 1.54) is 13.3 Å². The van der Waals surface area contributed by atoms with E-state index in [4.69, 9.17) is 21.9 Å². The number of hydrogen-bond donors (Lipinski definition) is 0. The topological polar surface area (TPSA) is 54.6 Å². The van der Waals surface area contributed by atoms with Gasteiger partial charge in [0.2, 0.25) is 0 Å². The van der Waals surface area contributed by atoms with Gasteiger partial charge in [-0.1, -0.05) is 5.16 Å². The molecule has 0 aliphatic carbocycles. The summed E-state index contributed by atoms with van der Waals surface area (Å²) >= 11 is 4.92. The Labute approximate surface area is 86.5 Å². The highest BCUT2D eigenvalue weighted by Gasteiger charge is 2.01. The number of nitrogens with zero attached hydrogens (tertiary/aromatic N) is 2. The van der Waals surface area contributed by atoms with E-state index in [2.05, 4.69) is 9.55 Å². The van der Waals surface area contributed by atoms with Crippen molar-refractivity contribution >= 4 is 18.1 Å². The summed E-state index contributed by atoms with van der Waals surface area (Å²) in [6.07, 6.45) is 1.37. The van der Waals surface area contributed by atoms with Gasteiger partial charge in [-0.2, -0.15) is 5.26 Å². The van der Waals surface area contributed by atoms with Gasteiger partial charge >= 0.3 is 0 Å². The molecule has 0 unspecified atom stereocenters. The second-order valence-corrected chi connectivity index (χ2v) is 2.51. The van der Waals surface area contributed by atoms with Gasteiger partial charge in [0.1, 0.15) is 5.75 Å². The van der Waals surface area contributed by atoms with Crippen LogP contribution in [0.15, 0.2) is 23.4 Å². The first-order valence-electron chi connectivity index (χ1n) is 3.71. The molecule has 4 nitrogen and oxygen atoms in total. The van der Waals surface area contributed by atoms with E-state index < -0.39 is 0 Å². The summed E-state index contributed by atoms with van der Waals surface area (Å²) in [5, 5.41) is 12.0. The van der Waals surface area contributed by atoms with E-state index >= 15 is 0 Å². The third-order valence-electron chi connectivity index (χ3n) is 1.59. The minimum Gasteiger partial charge on any atom is -0.496 e. The zero-order valence-electron chi connectivity index (χ0n) is 7.40. The van der Waals surface area contributed by atoms with Crippen LogP contribution in [-0.2, 0) is 4.39 Å².